The topological polar surface area (TPSA) is 76.6 Å². The molecule has 8 heteroatoms. The van der Waals surface area contributed by atoms with Gasteiger partial charge in [-0.05, 0) is 19.1 Å². The van der Waals surface area contributed by atoms with Crippen molar-refractivity contribution in [1.82, 2.24) is 10.2 Å². The number of aromatic nitrogens is 2. The van der Waals surface area contributed by atoms with Gasteiger partial charge >= 0.3 is 0 Å². The van der Waals surface area contributed by atoms with Crippen LogP contribution in [0.5, 0.6) is 0 Å². The number of carbonyl (C=O) groups is 1. The number of carbonyl (C=O) groups excluding carboxylic acids is 1. The number of rotatable bonds is 5. The molecule has 1 atom stereocenters. The van der Waals surface area contributed by atoms with Crippen molar-refractivity contribution >= 4 is 28.1 Å². The molecular weight excluding hydrogens is 328 g/mol. The lowest BCUT2D eigenvalue weighted by Crippen LogP contribution is -2.37. The second-order valence-corrected chi connectivity index (χ2v) is 6.40. The number of hydrogen-bond acceptors (Lipinski definition) is 7. The first-order valence-corrected chi connectivity index (χ1v) is 8.60. The van der Waals surface area contributed by atoms with Crippen LogP contribution in [0, 0.1) is 0 Å². The molecule has 1 aromatic heterocycles. The van der Waals surface area contributed by atoms with E-state index in [2.05, 4.69) is 20.4 Å². The molecule has 24 heavy (non-hydrogen) atoms. The first kappa shape index (κ1) is 16.8. The van der Waals surface area contributed by atoms with E-state index >= 15 is 0 Å². The third-order valence-electron chi connectivity index (χ3n) is 3.86. The van der Waals surface area contributed by atoms with Crippen molar-refractivity contribution in [3.05, 3.63) is 34.8 Å². The summed E-state index contributed by atoms with van der Waals surface area (Å²) in [7, 11) is 1.61. The molecule has 7 nitrogen and oxygen atoms in total. The maximum absolute atomic E-state index is 12.7. The zero-order valence-electron chi connectivity index (χ0n) is 13.7. The molecule has 1 fully saturated rings. The molecule has 0 bridgehead atoms. The molecule has 2 aromatic rings. The average molecular weight is 348 g/mol. The molecule has 3 rings (SSSR count). The van der Waals surface area contributed by atoms with Crippen LogP contribution < -0.4 is 10.2 Å². The molecule has 1 aromatic carbocycles. The number of hydrogen-bond donors (Lipinski definition) is 1. The van der Waals surface area contributed by atoms with Gasteiger partial charge in [-0.1, -0.05) is 23.5 Å². The van der Waals surface area contributed by atoms with Crippen LogP contribution in [0.2, 0.25) is 0 Å². The first-order chi connectivity index (χ1) is 11.7. The highest BCUT2D eigenvalue weighted by molar-refractivity contribution is 7.15. The minimum Gasteiger partial charge on any atom is -0.378 e. The van der Waals surface area contributed by atoms with Crippen molar-refractivity contribution in [2.24, 2.45) is 0 Å². The highest BCUT2D eigenvalue weighted by atomic mass is 32.1. The van der Waals surface area contributed by atoms with Crippen molar-refractivity contribution in [1.29, 1.82) is 0 Å². The summed E-state index contributed by atoms with van der Waals surface area (Å²) in [5.41, 5.74) is 1.53. The van der Waals surface area contributed by atoms with E-state index in [1.165, 1.54) is 11.3 Å². The molecule has 1 amide bonds. The quantitative estimate of drug-likeness (QED) is 0.894. The number of ether oxygens (including phenoxy) is 2. The van der Waals surface area contributed by atoms with Crippen LogP contribution in [0.1, 0.15) is 28.4 Å². The minimum absolute atomic E-state index is 0.145. The first-order valence-electron chi connectivity index (χ1n) is 7.78. The van der Waals surface area contributed by atoms with Crippen molar-refractivity contribution in [2.75, 3.05) is 43.6 Å². The lowest BCUT2D eigenvalue weighted by atomic mass is 10.1. The predicted octanol–water partition coefficient (Wildman–Crippen LogP) is 2.33. The van der Waals surface area contributed by atoms with Crippen LogP contribution in [0.3, 0.4) is 0 Å². The molecule has 1 aliphatic rings. The van der Waals surface area contributed by atoms with Crippen molar-refractivity contribution in [3.63, 3.8) is 0 Å². The number of anilines is 2. The van der Waals surface area contributed by atoms with Gasteiger partial charge < -0.3 is 14.4 Å². The third-order valence-corrected chi connectivity index (χ3v) is 4.86. The highest BCUT2D eigenvalue weighted by Gasteiger charge is 2.20. The molecule has 0 saturated carbocycles. The Kier molecular flexibility index (Phi) is 5.39. The number of benzene rings is 1. The number of amides is 1. The fraction of sp³-hybridized carbons (Fsp3) is 0.438. The largest absolute Gasteiger partial charge is 0.378 e. The molecule has 1 saturated heterocycles. The van der Waals surface area contributed by atoms with E-state index in [0.29, 0.717) is 23.9 Å². The van der Waals surface area contributed by atoms with Crippen molar-refractivity contribution in [2.45, 2.75) is 13.0 Å². The summed E-state index contributed by atoms with van der Waals surface area (Å²) in [6.07, 6.45) is -0.145. The number of nitrogens with one attached hydrogen (secondary N) is 1. The van der Waals surface area contributed by atoms with E-state index in [-0.39, 0.29) is 12.0 Å². The lowest BCUT2D eigenvalue weighted by molar-refractivity contribution is 0.102. The van der Waals surface area contributed by atoms with Gasteiger partial charge in [-0.15, -0.1) is 10.2 Å². The number of nitrogens with zero attached hydrogens (tertiary/aromatic N) is 3. The summed E-state index contributed by atoms with van der Waals surface area (Å²) in [5.74, 6) is -0.190. The van der Waals surface area contributed by atoms with Crippen LogP contribution in [-0.4, -0.2) is 49.5 Å². The molecule has 0 aliphatic carbocycles. The van der Waals surface area contributed by atoms with Crippen LogP contribution >= 0.6 is 11.3 Å². The Morgan fingerprint density at radius 3 is 2.83 bits per heavy atom. The molecule has 128 valence electrons. The summed E-state index contributed by atoms with van der Waals surface area (Å²) >= 11 is 1.32. The summed E-state index contributed by atoms with van der Waals surface area (Å²) < 4.78 is 10.6. The van der Waals surface area contributed by atoms with E-state index in [0.717, 1.165) is 23.8 Å². The zero-order chi connectivity index (χ0) is 16.9. The second-order valence-electron chi connectivity index (χ2n) is 5.39. The summed E-state index contributed by atoms with van der Waals surface area (Å²) in [6.45, 7) is 4.78. The zero-order valence-corrected chi connectivity index (χ0v) is 14.5. The summed E-state index contributed by atoms with van der Waals surface area (Å²) in [5, 5.41) is 12.1. The van der Waals surface area contributed by atoms with E-state index in [1.807, 2.05) is 31.2 Å². The van der Waals surface area contributed by atoms with Gasteiger partial charge in [-0.25, -0.2) is 0 Å². The Bertz CT molecular complexity index is 700. The van der Waals surface area contributed by atoms with Crippen molar-refractivity contribution < 1.29 is 14.3 Å². The number of morpholine rings is 1. The van der Waals surface area contributed by atoms with Gasteiger partial charge in [0.1, 0.15) is 11.1 Å². The van der Waals surface area contributed by atoms with Crippen LogP contribution in [0.15, 0.2) is 24.3 Å². The third kappa shape index (κ3) is 3.72. The molecule has 1 N–H and O–H groups in total. The smallest absolute Gasteiger partial charge is 0.259 e. The second kappa shape index (κ2) is 7.69. The average Bonchev–Trinajstić information content (AvgIpc) is 3.10. The Morgan fingerprint density at radius 2 is 2.08 bits per heavy atom. The fourth-order valence-corrected chi connectivity index (χ4v) is 3.23. The Hall–Kier alpha value is -2.03. The maximum atomic E-state index is 12.7. The molecule has 0 radical (unpaired) electrons. The molecule has 2 heterocycles. The molecule has 1 unspecified atom stereocenters. The fourth-order valence-electron chi connectivity index (χ4n) is 2.46. The van der Waals surface area contributed by atoms with E-state index in [1.54, 1.807) is 7.11 Å². The van der Waals surface area contributed by atoms with Crippen LogP contribution in [0.4, 0.5) is 10.8 Å². The molecular formula is C16H20N4O3S. The van der Waals surface area contributed by atoms with Crippen molar-refractivity contribution in [3.8, 4) is 0 Å². The lowest BCUT2D eigenvalue weighted by Gasteiger charge is -2.30. The van der Waals surface area contributed by atoms with Gasteiger partial charge in [0.05, 0.1) is 18.8 Å². The van der Waals surface area contributed by atoms with Gasteiger partial charge in [0.2, 0.25) is 5.13 Å². The van der Waals surface area contributed by atoms with Crippen LogP contribution in [-0.2, 0) is 9.47 Å². The highest BCUT2D eigenvalue weighted by Crippen LogP contribution is 2.26. The SMILES string of the molecule is COC(C)c1nnc(NC(=O)c2ccccc2N2CCOCC2)s1. The minimum atomic E-state index is -0.190. The standard InChI is InChI=1S/C16H20N4O3S/c1-11(22-2)15-18-19-16(24-15)17-14(21)12-5-3-4-6-13(12)20-7-9-23-10-8-20/h3-6,11H,7-10H2,1-2H3,(H,17,19,21). The normalized spacial score (nSPS) is 16.0. The van der Waals surface area contributed by atoms with Crippen LogP contribution in [0.25, 0.3) is 0 Å². The monoisotopic (exact) mass is 348 g/mol. The van der Waals surface area contributed by atoms with Gasteiger partial charge in [0.15, 0.2) is 0 Å². The van der Waals surface area contributed by atoms with Gasteiger partial charge in [-0.3, -0.25) is 10.1 Å². The predicted molar refractivity (Wildman–Crippen MR) is 92.8 cm³/mol. The van der Waals surface area contributed by atoms with Gasteiger partial charge in [-0.2, -0.15) is 0 Å². The number of para-hydroxylation sites is 1. The van der Waals surface area contributed by atoms with Gasteiger partial charge in [0.25, 0.3) is 5.91 Å². The van der Waals surface area contributed by atoms with E-state index in [9.17, 15) is 4.79 Å². The van der Waals surface area contributed by atoms with E-state index in [4.69, 9.17) is 9.47 Å². The molecule has 0 spiro atoms. The summed E-state index contributed by atoms with van der Waals surface area (Å²) in [6, 6.07) is 7.57. The Labute approximate surface area is 144 Å². The van der Waals surface area contributed by atoms with Gasteiger partial charge in [0, 0.05) is 25.9 Å². The maximum Gasteiger partial charge on any atom is 0.259 e. The Balaban J connectivity index is 1.76. The van der Waals surface area contributed by atoms with E-state index < -0.39 is 0 Å². The Morgan fingerprint density at radius 1 is 1.33 bits per heavy atom. The summed E-state index contributed by atoms with van der Waals surface area (Å²) in [4.78, 5) is 14.8. The number of methoxy groups -OCH3 is 1. The molecule has 1 aliphatic heterocycles.